The normalized spacial score (nSPS) is 22.4. The van der Waals surface area contributed by atoms with Crippen LogP contribution in [0.3, 0.4) is 0 Å². The van der Waals surface area contributed by atoms with Gasteiger partial charge in [-0.25, -0.2) is 0 Å². The summed E-state index contributed by atoms with van der Waals surface area (Å²) in [7, 11) is 2.07. The molecule has 1 spiro atoms. The number of benzene rings is 1. The molecule has 1 aromatic heterocycles. The third kappa shape index (κ3) is 2.76. The zero-order chi connectivity index (χ0) is 15.9. The van der Waals surface area contributed by atoms with Crippen LogP contribution >= 0.6 is 0 Å². The highest BCUT2D eigenvalue weighted by molar-refractivity contribution is 5.85. The van der Waals surface area contributed by atoms with E-state index in [1.165, 1.54) is 35.7 Å². The fourth-order valence-electron chi connectivity index (χ4n) is 4.17. The summed E-state index contributed by atoms with van der Waals surface area (Å²) >= 11 is 0. The Morgan fingerprint density at radius 2 is 2.13 bits per heavy atom. The van der Waals surface area contributed by atoms with Crippen LogP contribution in [0.2, 0.25) is 0 Å². The van der Waals surface area contributed by atoms with E-state index in [0.29, 0.717) is 17.9 Å². The quantitative estimate of drug-likeness (QED) is 0.910. The lowest BCUT2D eigenvalue weighted by molar-refractivity contribution is -0.121. The first-order valence-corrected chi connectivity index (χ1v) is 8.71. The third-order valence-electron chi connectivity index (χ3n) is 5.73. The van der Waals surface area contributed by atoms with Gasteiger partial charge >= 0.3 is 0 Å². The van der Waals surface area contributed by atoms with Crippen LogP contribution in [0.15, 0.2) is 30.5 Å². The zero-order valence-corrected chi connectivity index (χ0v) is 13.8. The second kappa shape index (κ2) is 5.68. The van der Waals surface area contributed by atoms with Crippen molar-refractivity contribution in [2.75, 3.05) is 13.1 Å². The van der Waals surface area contributed by atoms with Crippen molar-refractivity contribution >= 4 is 16.8 Å². The molecule has 4 nitrogen and oxygen atoms in total. The summed E-state index contributed by atoms with van der Waals surface area (Å²) in [4.78, 5) is 12.3. The first kappa shape index (κ1) is 14.8. The Bertz CT molecular complexity index is 727. The summed E-state index contributed by atoms with van der Waals surface area (Å²) in [6, 6.07) is 8.82. The topological polar surface area (TPSA) is 46.1 Å². The van der Waals surface area contributed by atoms with Gasteiger partial charge in [0.2, 0.25) is 5.91 Å². The molecule has 0 bridgehead atoms. The highest BCUT2D eigenvalue weighted by Crippen LogP contribution is 2.52. The molecular weight excluding hydrogens is 286 g/mol. The molecule has 1 atom stereocenters. The van der Waals surface area contributed by atoms with Crippen LogP contribution in [-0.4, -0.2) is 29.6 Å². The molecule has 23 heavy (non-hydrogen) atoms. The molecule has 2 heterocycles. The predicted molar refractivity (Wildman–Crippen MR) is 92.3 cm³/mol. The number of hydrogen-bond donors (Lipinski definition) is 2. The average Bonchev–Trinajstić information content (AvgIpc) is 3.10. The van der Waals surface area contributed by atoms with Gasteiger partial charge in [0, 0.05) is 36.6 Å². The van der Waals surface area contributed by atoms with Gasteiger partial charge in [-0.1, -0.05) is 18.2 Å². The SMILES string of the molecule is Cn1cc(CCC(=O)NC2CC23CCNCC3)c2ccccc21. The van der Waals surface area contributed by atoms with Gasteiger partial charge in [0.15, 0.2) is 0 Å². The van der Waals surface area contributed by atoms with Crippen LogP contribution in [0.4, 0.5) is 0 Å². The fourth-order valence-corrected chi connectivity index (χ4v) is 4.17. The number of piperidine rings is 1. The van der Waals surface area contributed by atoms with Crippen molar-refractivity contribution in [1.82, 2.24) is 15.2 Å². The van der Waals surface area contributed by atoms with Crippen LogP contribution in [0, 0.1) is 5.41 Å². The second-order valence-electron chi connectivity index (χ2n) is 7.22. The van der Waals surface area contributed by atoms with Crippen molar-refractivity contribution in [2.45, 2.75) is 38.1 Å². The number of carbonyl (C=O) groups excluding carboxylic acids is 1. The maximum Gasteiger partial charge on any atom is 0.220 e. The van der Waals surface area contributed by atoms with Gasteiger partial charge in [-0.2, -0.15) is 0 Å². The number of amides is 1. The number of nitrogens with zero attached hydrogens (tertiary/aromatic N) is 1. The molecule has 0 radical (unpaired) electrons. The maximum atomic E-state index is 12.3. The highest BCUT2D eigenvalue weighted by Gasteiger charge is 2.54. The molecular formula is C19H25N3O. The van der Waals surface area contributed by atoms with Crippen molar-refractivity contribution in [2.24, 2.45) is 12.5 Å². The van der Waals surface area contributed by atoms with E-state index in [9.17, 15) is 4.79 Å². The monoisotopic (exact) mass is 311 g/mol. The largest absolute Gasteiger partial charge is 0.353 e. The summed E-state index contributed by atoms with van der Waals surface area (Å²) in [6.07, 6.45) is 7.15. The van der Waals surface area contributed by atoms with Gasteiger partial charge < -0.3 is 15.2 Å². The highest BCUT2D eigenvalue weighted by atomic mass is 16.1. The van der Waals surface area contributed by atoms with E-state index >= 15 is 0 Å². The van der Waals surface area contributed by atoms with Crippen molar-refractivity contribution in [3.8, 4) is 0 Å². The molecule has 1 saturated carbocycles. The molecule has 1 amide bonds. The standard InChI is InChI=1S/C19H25N3O/c1-22-13-14(15-4-2-3-5-16(15)22)6-7-18(23)21-17-12-19(17)8-10-20-11-9-19/h2-5,13,17,20H,6-12H2,1H3,(H,21,23). The second-order valence-corrected chi connectivity index (χ2v) is 7.22. The number of aryl methyl sites for hydroxylation is 2. The number of fused-ring (bicyclic) bond motifs is 1. The average molecular weight is 311 g/mol. The molecule has 4 rings (SSSR count). The smallest absolute Gasteiger partial charge is 0.220 e. The Morgan fingerprint density at radius 1 is 1.35 bits per heavy atom. The maximum absolute atomic E-state index is 12.3. The van der Waals surface area contributed by atoms with E-state index in [4.69, 9.17) is 0 Å². The molecule has 1 aliphatic carbocycles. The molecule has 1 unspecified atom stereocenters. The fraction of sp³-hybridized carbons (Fsp3) is 0.526. The van der Waals surface area contributed by atoms with E-state index in [0.717, 1.165) is 19.5 Å². The molecule has 1 aliphatic heterocycles. The minimum absolute atomic E-state index is 0.207. The number of aromatic nitrogens is 1. The molecule has 122 valence electrons. The molecule has 2 N–H and O–H groups in total. The van der Waals surface area contributed by atoms with Gasteiger partial charge in [-0.05, 0) is 55.8 Å². The van der Waals surface area contributed by atoms with Gasteiger partial charge in [-0.15, -0.1) is 0 Å². The minimum Gasteiger partial charge on any atom is -0.353 e. The Balaban J connectivity index is 1.35. The number of hydrogen-bond acceptors (Lipinski definition) is 2. The van der Waals surface area contributed by atoms with Crippen molar-refractivity contribution in [1.29, 1.82) is 0 Å². The summed E-state index contributed by atoms with van der Waals surface area (Å²) in [5, 5.41) is 7.94. The molecule has 1 saturated heterocycles. The van der Waals surface area contributed by atoms with Crippen molar-refractivity contribution in [3.63, 3.8) is 0 Å². The van der Waals surface area contributed by atoms with Crippen molar-refractivity contribution in [3.05, 3.63) is 36.0 Å². The van der Waals surface area contributed by atoms with Gasteiger partial charge in [-0.3, -0.25) is 4.79 Å². The van der Waals surface area contributed by atoms with Crippen LogP contribution in [0.5, 0.6) is 0 Å². The van der Waals surface area contributed by atoms with Gasteiger partial charge in [0.05, 0.1) is 0 Å². The molecule has 4 heteroatoms. The van der Waals surface area contributed by atoms with Gasteiger partial charge in [0.25, 0.3) is 0 Å². The van der Waals surface area contributed by atoms with E-state index in [1.807, 2.05) is 0 Å². The van der Waals surface area contributed by atoms with Crippen LogP contribution < -0.4 is 10.6 Å². The summed E-state index contributed by atoms with van der Waals surface area (Å²) in [5.74, 6) is 0.207. The summed E-state index contributed by atoms with van der Waals surface area (Å²) in [5.41, 5.74) is 2.92. The van der Waals surface area contributed by atoms with Crippen LogP contribution in [-0.2, 0) is 18.3 Å². The number of rotatable bonds is 4. The molecule has 2 aromatic rings. The molecule has 1 aromatic carbocycles. The Kier molecular flexibility index (Phi) is 3.64. The molecule has 2 fully saturated rings. The number of para-hydroxylation sites is 1. The number of carbonyl (C=O) groups is 1. The van der Waals surface area contributed by atoms with E-state index in [1.54, 1.807) is 0 Å². The Morgan fingerprint density at radius 3 is 2.96 bits per heavy atom. The first-order valence-electron chi connectivity index (χ1n) is 8.71. The van der Waals surface area contributed by atoms with Gasteiger partial charge in [0.1, 0.15) is 0 Å². The lowest BCUT2D eigenvalue weighted by Crippen LogP contribution is -2.36. The first-order chi connectivity index (χ1) is 11.2. The van der Waals surface area contributed by atoms with E-state index in [-0.39, 0.29) is 5.91 Å². The molecule has 2 aliphatic rings. The van der Waals surface area contributed by atoms with Crippen LogP contribution in [0.1, 0.15) is 31.2 Å². The summed E-state index contributed by atoms with van der Waals surface area (Å²) in [6.45, 7) is 2.20. The van der Waals surface area contributed by atoms with Crippen LogP contribution in [0.25, 0.3) is 10.9 Å². The third-order valence-corrected chi connectivity index (χ3v) is 5.73. The van der Waals surface area contributed by atoms with E-state index in [2.05, 4.69) is 52.7 Å². The Labute approximate surface area is 137 Å². The Hall–Kier alpha value is -1.81. The summed E-state index contributed by atoms with van der Waals surface area (Å²) < 4.78 is 2.15. The lowest BCUT2D eigenvalue weighted by atomic mass is 9.94. The van der Waals surface area contributed by atoms with E-state index < -0.39 is 0 Å². The number of nitrogens with one attached hydrogen (secondary N) is 2. The van der Waals surface area contributed by atoms with Crippen molar-refractivity contribution < 1.29 is 4.79 Å². The lowest BCUT2D eigenvalue weighted by Gasteiger charge is -2.23. The minimum atomic E-state index is 0.207. The zero-order valence-electron chi connectivity index (χ0n) is 13.8. The predicted octanol–water partition coefficient (Wildman–Crippen LogP) is 2.37.